The van der Waals surface area contributed by atoms with Crippen molar-refractivity contribution in [2.75, 3.05) is 11.9 Å². The number of carbonyl (C=O) groups excluding carboxylic acids is 1. The quantitative estimate of drug-likeness (QED) is 0.431. The lowest BCUT2D eigenvalue weighted by atomic mass is 10.3. The van der Waals surface area contributed by atoms with Gasteiger partial charge in [0.05, 0.1) is 6.61 Å². The Balaban J connectivity index is 2.64. The van der Waals surface area contributed by atoms with E-state index in [1.807, 2.05) is 30.3 Å². The minimum atomic E-state index is -1.81. The fraction of sp³-hybridized carbons (Fsp3) is 0.333. The first-order valence-corrected chi connectivity index (χ1v) is 7.49. The predicted octanol–water partition coefficient (Wildman–Crippen LogP) is 3.42. The van der Waals surface area contributed by atoms with Gasteiger partial charge in [-0.05, 0) is 31.3 Å². The van der Waals surface area contributed by atoms with E-state index in [1.165, 1.54) is 0 Å². The maximum Gasteiger partial charge on any atom is 0.408 e. The van der Waals surface area contributed by atoms with Crippen molar-refractivity contribution in [3.8, 4) is 0 Å². The number of benzene rings is 1. The van der Waals surface area contributed by atoms with E-state index in [0.717, 1.165) is 5.69 Å². The van der Waals surface area contributed by atoms with Gasteiger partial charge in [-0.25, -0.2) is 4.79 Å². The highest BCUT2D eigenvalue weighted by atomic mass is 35.6. The molecule has 0 saturated carbocycles. The van der Waals surface area contributed by atoms with E-state index in [-0.39, 0.29) is 11.7 Å². The van der Waals surface area contributed by atoms with Gasteiger partial charge in [-0.3, -0.25) is 5.32 Å². The SMILES string of the molecule is CCOC(=O)N[C@H](NC(=S)Nc1ccccc1)C(Cl)(Cl)Cl. The van der Waals surface area contributed by atoms with Crippen LogP contribution >= 0.6 is 47.0 Å². The predicted molar refractivity (Wildman–Crippen MR) is 90.0 cm³/mol. The van der Waals surface area contributed by atoms with Crippen molar-refractivity contribution in [3.63, 3.8) is 0 Å². The third-order valence-electron chi connectivity index (χ3n) is 2.17. The summed E-state index contributed by atoms with van der Waals surface area (Å²) in [5.41, 5.74) is 0.759. The molecule has 1 aromatic carbocycles. The van der Waals surface area contributed by atoms with Gasteiger partial charge in [0.2, 0.25) is 3.79 Å². The lowest BCUT2D eigenvalue weighted by molar-refractivity contribution is 0.147. The Hall–Kier alpha value is -0.950. The minimum Gasteiger partial charge on any atom is -0.450 e. The zero-order valence-electron chi connectivity index (χ0n) is 11.0. The van der Waals surface area contributed by atoms with E-state index in [1.54, 1.807) is 6.92 Å². The van der Waals surface area contributed by atoms with Crippen LogP contribution in [0.3, 0.4) is 0 Å². The second-order valence-corrected chi connectivity index (χ2v) is 6.58. The van der Waals surface area contributed by atoms with E-state index >= 15 is 0 Å². The lowest BCUT2D eigenvalue weighted by Crippen LogP contribution is -2.56. The number of thiocarbonyl (C=S) groups is 1. The summed E-state index contributed by atoms with van der Waals surface area (Å²) < 4.78 is 2.93. The van der Waals surface area contributed by atoms with Gasteiger partial charge in [0.25, 0.3) is 0 Å². The molecule has 0 saturated heterocycles. The van der Waals surface area contributed by atoms with Crippen LogP contribution in [0.2, 0.25) is 0 Å². The number of alkyl carbamates (subject to hydrolysis) is 1. The van der Waals surface area contributed by atoms with Crippen LogP contribution in [0.25, 0.3) is 0 Å². The van der Waals surface area contributed by atoms with Crippen LogP contribution in [0.4, 0.5) is 10.5 Å². The van der Waals surface area contributed by atoms with Crippen LogP contribution < -0.4 is 16.0 Å². The molecule has 1 amide bonds. The highest BCUT2D eigenvalue weighted by Crippen LogP contribution is 2.29. The normalized spacial score (nSPS) is 12.2. The van der Waals surface area contributed by atoms with E-state index in [2.05, 4.69) is 16.0 Å². The minimum absolute atomic E-state index is 0.189. The largest absolute Gasteiger partial charge is 0.450 e. The highest BCUT2D eigenvalue weighted by Gasteiger charge is 2.35. The fourth-order valence-corrected chi connectivity index (χ4v) is 1.87. The van der Waals surface area contributed by atoms with Crippen LogP contribution in [-0.2, 0) is 4.74 Å². The van der Waals surface area contributed by atoms with Gasteiger partial charge in [-0.2, -0.15) is 0 Å². The lowest BCUT2D eigenvalue weighted by Gasteiger charge is -2.27. The molecule has 0 aliphatic rings. The van der Waals surface area contributed by atoms with E-state index in [0.29, 0.717) is 0 Å². The summed E-state index contributed by atoms with van der Waals surface area (Å²) in [5.74, 6) is 0. The highest BCUT2D eigenvalue weighted by molar-refractivity contribution is 7.80. The van der Waals surface area contributed by atoms with Gasteiger partial charge in [0.1, 0.15) is 0 Å². The van der Waals surface area contributed by atoms with Gasteiger partial charge in [0.15, 0.2) is 11.3 Å². The molecular weight excluding hydrogens is 357 g/mol. The molecule has 21 heavy (non-hydrogen) atoms. The smallest absolute Gasteiger partial charge is 0.408 e. The number of rotatable bonds is 4. The Kier molecular flexibility index (Phi) is 7.31. The van der Waals surface area contributed by atoms with Crippen molar-refractivity contribution in [2.45, 2.75) is 16.9 Å². The molecule has 1 atom stereocenters. The van der Waals surface area contributed by atoms with Crippen LogP contribution in [0.15, 0.2) is 30.3 Å². The maximum absolute atomic E-state index is 11.4. The molecule has 0 aromatic heterocycles. The molecule has 0 radical (unpaired) electrons. The Labute approximate surface area is 143 Å². The molecule has 0 unspecified atom stereocenters. The molecule has 1 aromatic rings. The number of carbonyl (C=O) groups is 1. The first-order chi connectivity index (χ1) is 9.82. The van der Waals surface area contributed by atoms with Gasteiger partial charge in [-0.15, -0.1) is 0 Å². The average molecular weight is 371 g/mol. The number of hydrogen-bond donors (Lipinski definition) is 3. The molecule has 0 heterocycles. The topological polar surface area (TPSA) is 62.4 Å². The Morgan fingerprint density at radius 2 is 1.90 bits per heavy atom. The Morgan fingerprint density at radius 3 is 2.43 bits per heavy atom. The van der Waals surface area contributed by atoms with Crippen LogP contribution in [-0.4, -0.2) is 27.8 Å². The van der Waals surface area contributed by atoms with Crippen molar-refractivity contribution in [2.24, 2.45) is 0 Å². The monoisotopic (exact) mass is 369 g/mol. The number of amides is 1. The summed E-state index contributed by atoms with van der Waals surface area (Å²) >= 11 is 22.5. The Morgan fingerprint density at radius 1 is 1.29 bits per heavy atom. The number of alkyl halides is 3. The summed E-state index contributed by atoms with van der Waals surface area (Å²) in [6.07, 6.45) is -1.77. The summed E-state index contributed by atoms with van der Waals surface area (Å²) in [4.78, 5) is 11.4. The molecule has 0 spiro atoms. The first-order valence-electron chi connectivity index (χ1n) is 5.95. The number of para-hydroxylation sites is 1. The molecule has 1 rings (SSSR count). The van der Waals surface area contributed by atoms with Crippen molar-refractivity contribution >= 4 is 63.9 Å². The fourth-order valence-electron chi connectivity index (χ4n) is 1.31. The number of anilines is 1. The summed E-state index contributed by atoms with van der Waals surface area (Å²) in [7, 11) is 0. The third-order valence-corrected chi connectivity index (χ3v) is 3.05. The van der Waals surface area contributed by atoms with Crippen LogP contribution in [0.5, 0.6) is 0 Å². The van der Waals surface area contributed by atoms with E-state index in [4.69, 9.17) is 51.8 Å². The summed E-state index contributed by atoms with van der Waals surface area (Å²) in [6.45, 7) is 1.87. The third kappa shape index (κ3) is 7.04. The average Bonchev–Trinajstić information content (AvgIpc) is 2.38. The second kappa shape index (κ2) is 8.48. The van der Waals surface area contributed by atoms with E-state index < -0.39 is 16.1 Å². The zero-order valence-corrected chi connectivity index (χ0v) is 14.1. The molecule has 9 heteroatoms. The Bertz CT molecular complexity index is 482. The van der Waals surface area contributed by atoms with Crippen LogP contribution in [0, 0.1) is 0 Å². The zero-order chi connectivity index (χ0) is 15.9. The first kappa shape index (κ1) is 18.1. The van der Waals surface area contributed by atoms with Gasteiger partial charge >= 0.3 is 6.09 Å². The number of nitrogens with one attached hydrogen (secondary N) is 3. The van der Waals surface area contributed by atoms with Gasteiger partial charge < -0.3 is 15.4 Å². The van der Waals surface area contributed by atoms with Gasteiger partial charge in [-0.1, -0.05) is 53.0 Å². The molecule has 0 aliphatic carbocycles. The van der Waals surface area contributed by atoms with Crippen LogP contribution in [0.1, 0.15) is 6.92 Å². The molecule has 0 bridgehead atoms. The molecule has 0 aliphatic heterocycles. The van der Waals surface area contributed by atoms with Crippen molar-refractivity contribution in [3.05, 3.63) is 30.3 Å². The van der Waals surface area contributed by atoms with E-state index in [9.17, 15) is 4.79 Å². The number of halogens is 3. The molecule has 0 fully saturated rings. The standard InChI is InChI=1S/C12H14Cl3N3O2S/c1-2-20-11(19)18-9(12(13,14)15)17-10(21)16-8-6-4-3-5-7-8/h3-7,9H,2H2,1H3,(H,18,19)(H2,16,17,21)/t9-/m0/s1. The number of ether oxygens (including phenoxy) is 1. The summed E-state index contributed by atoms with van der Waals surface area (Å²) in [6, 6.07) is 9.19. The molecule has 116 valence electrons. The van der Waals surface area contributed by atoms with Crippen molar-refractivity contribution in [1.82, 2.24) is 10.6 Å². The molecule has 5 nitrogen and oxygen atoms in total. The van der Waals surface area contributed by atoms with Gasteiger partial charge in [0, 0.05) is 5.69 Å². The maximum atomic E-state index is 11.4. The van der Waals surface area contributed by atoms with Crippen molar-refractivity contribution < 1.29 is 9.53 Å². The van der Waals surface area contributed by atoms with Crippen molar-refractivity contribution in [1.29, 1.82) is 0 Å². The molecular formula is C12H14Cl3N3O2S. The second-order valence-electron chi connectivity index (χ2n) is 3.80. The number of hydrogen-bond acceptors (Lipinski definition) is 3. The molecule has 3 N–H and O–H groups in total. The summed E-state index contributed by atoms with van der Waals surface area (Å²) in [5, 5.41) is 8.18.